The van der Waals surface area contributed by atoms with Crippen molar-refractivity contribution < 1.29 is 14.6 Å². The molecule has 0 saturated carbocycles. The minimum Gasteiger partial charge on any atom is -0.508 e. The van der Waals surface area contributed by atoms with Crippen molar-refractivity contribution in [2.24, 2.45) is 0 Å². The first-order valence-corrected chi connectivity index (χ1v) is 6.31. The molecule has 2 aromatic carbocycles. The van der Waals surface area contributed by atoms with E-state index >= 15 is 0 Å². The second-order valence-corrected chi connectivity index (χ2v) is 4.50. The smallest absolute Gasteiger partial charge is 0.251 e. The average molecular weight is 271 g/mol. The van der Waals surface area contributed by atoms with Gasteiger partial charge in [0, 0.05) is 17.7 Å². The van der Waals surface area contributed by atoms with Crippen LogP contribution >= 0.6 is 0 Å². The monoisotopic (exact) mass is 271 g/mol. The van der Waals surface area contributed by atoms with Crippen LogP contribution in [0.25, 0.3) is 0 Å². The van der Waals surface area contributed by atoms with E-state index in [1.807, 2.05) is 24.3 Å². The number of phenolic OH excluding ortho intramolecular Hbond substituents is 1. The molecule has 4 nitrogen and oxygen atoms in total. The number of carbonyl (C=O) groups is 1. The molecule has 104 valence electrons. The highest BCUT2D eigenvalue weighted by Crippen LogP contribution is 2.18. The van der Waals surface area contributed by atoms with Gasteiger partial charge in [0.25, 0.3) is 5.91 Å². The third kappa shape index (κ3) is 3.09. The summed E-state index contributed by atoms with van der Waals surface area (Å²) in [6.07, 6.45) is 0. The third-order valence-electron chi connectivity index (χ3n) is 3.09. The minimum absolute atomic E-state index is 0.181. The summed E-state index contributed by atoms with van der Waals surface area (Å²) in [6.45, 7) is 2.15. The van der Waals surface area contributed by atoms with Gasteiger partial charge >= 0.3 is 0 Å². The number of rotatable bonds is 4. The number of aromatic hydroxyl groups is 1. The summed E-state index contributed by atoms with van der Waals surface area (Å²) in [5.41, 5.74) is 2.11. The van der Waals surface area contributed by atoms with Crippen LogP contribution in [0.4, 0.5) is 0 Å². The van der Waals surface area contributed by atoms with E-state index in [0.717, 1.165) is 11.3 Å². The molecule has 0 heterocycles. The van der Waals surface area contributed by atoms with Crippen LogP contribution in [0.2, 0.25) is 0 Å². The van der Waals surface area contributed by atoms with Crippen molar-refractivity contribution in [2.45, 2.75) is 13.5 Å². The van der Waals surface area contributed by atoms with E-state index in [-0.39, 0.29) is 11.7 Å². The molecule has 2 rings (SSSR count). The van der Waals surface area contributed by atoms with E-state index in [2.05, 4.69) is 5.32 Å². The Kier molecular flexibility index (Phi) is 4.25. The number of carbonyl (C=O) groups excluding carboxylic acids is 1. The fraction of sp³-hybridized carbons (Fsp3) is 0.188. The van der Waals surface area contributed by atoms with Gasteiger partial charge in [0.1, 0.15) is 11.5 Å². The van der Waals surface area contributed by atoms with Gasteiger partial charge in [-0.05, 0) is 36.8 Å². The van der Waals surface area contributed by atoms with Crippen molar-refractivity contribution in [1.29, 1.82) is 0 Å². The average Bonchev–Trinajstić information content (AvgIpc) is 2.47. The number of aryl methyl sites for hydroxylation is 1. The molecule has 2 N–H and O–H groups in total. The summed E-state index contributed by atoms with van der Waals surface area (Å²) in [5.74, 6) is 0.750. The van der Waals surface area contributed by atoms with Gasteiger partial charge in [0.15, 0.2) is 0 Å². The summed E-state index contributed by atoms with van der Waals surface area (Å²) < 4.78 is 5.23. The van der Waals surface area contributed by atoms with E-state index < -0.39 is 0 Å². The van der Waals surface area contributed by atoms with Crippen LogP contribution in [-0.2, 0) is 6.54 Å². The highest BCUT2D eigenvalue weighted by Gasteiger charge is 2.08. The summed E-state index contributed by atoms with van der Waals surface area (Å²) in [7, 11) is 1.60. The number of nitrogens with one attached hydrogen (secondary N) is 1. The van der Waals surface area contributed by atoms with Gasteiger partial charge in [-0.25, -0.2) is 0 Å². The number of hydrogen-bond acceptors (Lipinski definition) is 3. The Labute approximate surface area is 118 Å². The van der Waals surface area contributed by atoms with Gasteiger partial charge in [-0.2, -0.15) is 0 Å². The maximum Gasteiger partial charge on any atom is 0.251 e. The molecule has 0 aliphatic heterocycles. The molecule has 1 amide bonds. The normalized spacial score (nSPS) is 10.1. The van der Waals surface area contributed by atoms with Crippen LogP contribution in [0.15, 0.2) is 42.5 Å². The fourth-order valence-corrected chi connectivity index (χ4v) is 1.92. The lowest BCUT2D eigenvalue weighted by Crippen LogP contribution is -2.23. The maximum absolute atomic E-state index is 12.0. The van der Waals surface area contributed by atoms with Crippen molar-refractivity contribution in [3.05, 3.63) is 59.2 Å². The zero-order chi connectivity index (χ0) is 14.5. The van der Waals surface area contributed by atoms with E-state index in [9.17, 15) is 9.90 Å². The molecule has 0 radical (unpaired) electrons. The second kappa shape index (κ2) is 6.10. The van der Waals surface area contributed by atoms with Crippen molar-refractivity contribution >= 4 is 5.91 Å². The van der Waals surface area contributed by atoms with Gasteiger partial charge < -0.3 is 15.2 Å². The van der Waals surface area contributed by atoms with Gasteiger partial charge in [-0.3, -0.25) is 4.79 Å². The lowest BCUT2D eigenvalue weighted by atomic mass is 10.1. The molecule has 0 bridgehead atoms. The lowest BCUT2D eigenvalue weighted by Gasteiger charge is -2.10. The summed E-state index contributed by atoms with van der Waals surface area (Å²) in [5, 5.41) is 12.3. The number of para-hydroxylation sites is 1. The van der Waals surface area contributed by atoms with Gasteiger partial charge in [-0.15, -0.1) is 0 Å². The Morgan fingerprint density at radius 1 is 1.25 bits per heavy atom. The molecule has 0 aliphatic carbocycles. The zero-order valence-corrected chi connectivity index (χ0v) is 11.5. The van der Waals surface area contributed by atoms with E-state index in [1.165, 1.54) is 6.07 Å². The predicted octanol–water partition coefficient (Wildman–Crippen LogP) is 2.64. The molecular weight excluding hydrogens is 254 g/mol. The molecule has 0 atom stereocenters. The van der Waals surface area contributed by atoms with Crippen LogP contribution in [0, 0.1) is 6.92 Å². The van der Waals surface area contributed by atoms with E-state index in [0.29, 0.717) is 17.7 Å². The van der Waals surface area contributed by atoms with Crippen molar-refractivity contribution in [3.63, 3.8) is 0 Å². The Balaban J connectivity index is 2.06. The van der Waals surface area contributed by atoms with E-state index in [4.69, 9.17) is 4.74 Å². The Morgan fingerprint density at radius 3 is 2.70 bits per heavy atom. The molecule has 0 unspecified atom stereocenters. The summed E-state index contributed by atoms with van der Waals surface area (Å²) in [6, 6.07) is 12.3. The second-order valence-electron chi connectivity index (χ2n) is 4.50. The van der Waals surface area contributed by atoms with Crippen LogP contribution in [-0.4, -0.2) is 18.1 Å². The highest BCUT2D eigenvalue weighted by atomic mass is 16.5. The van der Waals surface area contributed by atoms with Gasteiger partial charge in [0.2, 0.25) is 0 Å². The number of methoxy groups -OCH3 is 1. The Bertz CT molecular complexity index is 623. The largest absolute Gasteiger partial charge is 0.508 e. The Hall–Kier alpha value is -2.49. The van der Waals surface area contributed by atoms with E-state index in [1.54, 1.807) is 26.2 Å². The molecule has 0 spiro atoms. The molecule has 0 aliphatic rings. The molecule has 0 saturated heterocycles. The minimum atomic E-state index is -0.181. The number of amides is 1. The number of benzene rings is 2. The fourth-order valence-electron chi connectivity index (χ4n) is 1.92. The number of phenols is 1. The lowest BCUT2D eigenvalue weighted by molar-refractivity contribution is 0.0950. The first-order chi connectivity index (χ1) is 9.61. The number of hydrogen-bond donors (Lipinski definition) is 2. The Morgan fingerprint density at radius 2 is 2.00 bits per heavy atom. The van der Waals surface area contributed by atoms with Crippen molar-refractivity contribution in [1.82, 2.24) is 5.32 Å². The summed E-state index contributed by atoms with van der Waals surface area (Å²) >= 11 is 0. The third-order valence-corrected chi connectivity index (χ3v) is 3.09. The predicted molar refractivity (Wildman–Crippen MR) is 77.0 cm³/mol. The van der Waals surface area contributed by atoms with Gasteiger partial charge in [-0.1, -0.05) is 18.2 Å². The van der Waals surface area contributed by atoms with Crippen LogP contribution in [0.3, 0.4) is 0 Å². The first kappa shape index (κ1) is 13.9. The molecular formula is C16H17NO3. The molecule has 0 fully saturated rings. The highest BCUT2D eigenvalue weighted by molar-refractivity contribution is 5.94. The van der Waals surface area contributed by atoms with Crippen LogP contribution < -0.4 is 10.1 Å². The van der Waals surface area contributed by atoms with Gasteiger partial charge in [0.05, 0.1) is 7.11 Å². The molecule has 2 aromatic rings. The van der Waals surface area contributed by atoms with Crippen LogP contribution in [0.1, 0.15) is 21.5 Å². The van der Waals surface area contributed by atoms with Crippen LogP contribution in [0.5, 0.6) is 11.5 Å². The molecule has 0 aromatic heterocycles. The summed E-state index contributed by atoms with van der Waals surface area (Å²) in [4.78, 5) is 12.0. The zero-order valence-electron chi connectivity index (χ0n) is 11.5. The number of ether oxygens (including phenoxy) is 1. The molecule has 20 heavy (non-hydrogen) atoms. The standard InChI is InChI=1S/C16H17NO3/c1-11-9-12(7-8-14(11)18)16(19)17-10-13-5-3-4-6-15(13)20-2/h3-9,18H,10H2,1-2H3,(H,17,19). The topological polar surface area (TPSA) is 58.6 Å². The maximum atomic E-state index is 12.0. The molecule has 4 heteroatoms. The first-order valence-electron chi connectivity index (χ1n) is 6.31. The quantitative estimate of drug-likeness (QED) is 0.898. The SMILES string of the molecule is COc1ccccc1CNC(=O)c1ccc(O)c(C)c1. The van der Waals surface area contributed by atoms with Crippen molar-refractivity contribution in [3.8, 4) is 11.5 Å². The van der Waals surface area contributed by atoms with Crippen molar-refractivity contribution in [2.75, 3.05) is 7.11 Å².